The van der Waals surface area contributed by atoms with Crippen LogP contribution in [0.4, 0.5) is 17.1 Å². The van der Waals surface area contributed by atoms with Gasteiger partial charge < -0.3 is 19.2 Å². The van der Waals surface area contributed by atoms with E-state index in [0.717, 1.165) is 50.1 Å². The van der Waals surface area contributed by atoms with Crippen LogP contribution in [0.2, 0.25) is 0 Å². The number of hydrogen-bond donors (Lipinski definition) is 1. The molecule has 1 aliphatic rings. The minimum Gasteiger partial charge on any atom is -0.456 e. The lowest BCUT2D eigenvalue weighted by Gasteiger charge is -2.27. The minimum absolute atomic E-state index is 0.0163. The van der Waals surface area contributed by atoms with Gasteiger partial charge in [0.05, 0.1) is 22.4 Å². The van der Waals surface area contributed by atoms with Gasteiger partial charge in [-0.3, -0.25) is 0 Å². The summed E-state index contributed by atoms with van der Waals surface area (Å²) in [5, 5.41) is 8.48. The van der Waals surface area contributed by atoms with Crippen molar-refractivity contribution in [2.24, 2.45) is 0 Å². The van der Waals surface area contributed by atoms with Crippen molar-refractivity contribution < 1.29 is 4.42 Å². The highest BCUT2D eigenvalue weighted by Gasteiger charge is 2.31. The van der Waals surface area contributed by atoms with Crippen molar-refractivity contribution >= 4 is 60.8 Å². The summed E-state index contributed by atoms with van der Waals surface area (Å²) < 4.78 is 9.02. The van der Waals surface area contributed by atoms with Crippen LogP contribution in [-0.4, -0.2) is 4.57 Å². The summed E-state index contributed by atoms with van der Waals surface area (Å²) in [6.45, 7) is 0. The Balaban J connectivity index is 1.00. The molecule has 0 aliphatic carbocycles. The predicted octanol–water partition coefficient (Wildman–Crippen LogP) is 13.3. The number of anilines is 3. The topological polar surface area (TPSA) is 33.3 Å². The number of nitrogens with zero attached hydrogens (tertiary/aromatic N) is 2. The molecule has 0 bridgehead atoms. The molecule has 0 fully saturated rings. The van der Waals surface area contributed by atoms with Gasteiger partial charge in [0.1, 0.15) is 17.3 Å². The van der Waals surface area contributed by atoms with E-state index in [4.69, 9.17) is 4.42 Å². The first kappa shape index (κ1) is 29.7. The molecule has 11 rings (SSSR count). The van der Waals surface area contributed by atoms with Gasteiger partial charge in [-0.25, -0.2) is 0 Å². The van der Waals surface area contributed by atoms with E-state index in [1.807, 2.05) is 0 Å². The first-order valence-corrected chi connectivity index (χ1v) is 18.1. The van der Waals surface area contributed by atoms with Gasteiger partial charge in [0.15, 0.2) is 0 Å². The predicted molar refractivity (Wildman–Crippen MR) is 220 cm³/mol. The lowest BCUT2D eigenvalue weighted by molar-refractivity contribution is 0.668. The van der Waals surface area contributed by atoms with E-state index in [2.05, 4.69) is 203 Å². The molecule has 1 atom stereocenters. The smallest absolute Gasteiger partial charge is 0.137 e. The average Bonchev–Trinajstić information content (AvgIpc) is 3.91. The summed E-state index contributed by atoms with van der Waals surface area (Å²) in [6, 6.07) is 67.2. The number of hydrogen-bond acceptors (Lipinski definition) is 3. The fourth-order valence-electron chi connectivity index (χ4n) is 8.36. The zero-order valence-corrected chi connectivity index (χ0v) is 28.8. The molecule has 10 aromatic rings. The molecule has 0 spiro atoms. The van der Waals surface area contributed by atoms with Crippen LogP contribution in [0.1, 0.15) is 11.7 Å². The molecule has 8 aromatic carbocycles. The molecule has 0 saturated heterocycles. The van der Waals surface area contributed by atoms with Crippen molar-refractivity contribution in [3.63, 3.8) is 0 Å². The third kappa shape index (κ3) is 4.69. The molecule has 53 heavy (non-hydrogen) atoms. The number of benzene rings is 8. The molecule has 0 saturated carbocycles. The Morgan fingerprint density at radius 3 is 2.04 bits per heavy atom. The highest BCUT2D eigenvalue weighted by Crippen LogP contribution is 2.46. The molecule has 2 aromatic heterocycles. The van der Waals surface area contributed by atoms with Crippen LogP contribution in [0.25, 0.3) is 71.7 Å². The SMILES string of the molecule is c1ccc(-c2ccc3c4ccccc4n(-c4ccc5c(c4)oc4cccc(-c6ccc(C7Nc8ccccc8N7c7ccccc7)cc6)c45)c3c2)cc1. The second-order valence-corrected chi connectivity index (χ2v) is 13.8. The summed E-state index contributed by atoms with van der Waals surface area (Å²) in [5.41, 5.74) is 14.6. The van der Waals surface area contributed by atoms with Crippen molar-refractivity contribution in [1.29, 1.82) is 0 Å². The van der Waals surface area contributed by atoms with Crippen molar-refractivity contribution in [3.05, 3.63) is 194 Å². The molecule has 0 amide bonds. The van der Waals surface area contributed by atoms with Crippen LogP contribution in [0.5, 0.6) is 0 Å². The van der Waals surface area contributed by atoms with Gasteiger partial charge >= 0.3 is 0 Å². The van der Waals surface area contributed by atoms with Crippen molar-refractivity contribution in [2.45, 2.75) is 6.17 Å². The summed E-state index contributed by atoms with van der Waals surface area (Å²) in [4.78, 5) is 2.38. The molecule has 1 N–H and O–H groups in total. The fourth-order valence-corrected chi connectivity index (χ4v) is 8.36. The monoisotopic (exact) mass is 679 g/mol. The lowest BCUT2D eigenvalue weighted by Crippen LogP contribution is -2.23. The van der Waals surface area contributed by atoms with Crippen LogP contribution in [0.15, 0.2) is 192 Å². The van der Waals surface area contributed by atoms with E-state index in [1.54, 1.807) is 0 Å². The van der Waals surface area contributed by atoms with Crippen LogP contribution in [0, 0.1) is 0 Å². The lowest BCUT2D eigenvalue weighted by atomic mass is 9.98. The van der Waals surface area contributed by atoms with E-state index in [0.29, 0.717) is 0 Å². The second-order valence-electron chi connectivity index (χ2n) is 13.8. The van der Waals surface area contributed by atoms with Crippen molar-refractivity contribution in [2.75, 3.05) is 10.2 Å². The molecule has 4 nitrogen and oxygen atoms in total. The Morgan fingerprint density at radius 1 is 0.453 bits per heavy atom. The van der Waals surface area contributed by atoms with Gasteiger partial charge in [0.2, 0.25) is 0 Å². The Morgan fingerprint density at radius 2 is 1.17 bits per heavy atom. The maximum Gasteiger partial charge on any atom is 0.137 e. The van der Waals surface area contributed by atoms with Gasteiger partial charge in [-0.15, -0.1) is 0 Å². The largest absolute Gasteiger partial charge is 0.456 e. The van der Waals surface area contributed by atoms with Gasteiger partial charge in [-0.1, -0.05) is 127 Å². The van der Waals surface area contributed by atoms with Gasteiger partial charge in [-0.2, -0.15) is 0 Å². The standard InChI is InChI=1S/C49H33N3O/c1-3-12-32(13-4-1)35-26-28-40-39-16-7-9-19-43(39)51(45(40)30-35)37-27-29-41-47(31-37)53-46-21-11-17-38(48(41)46)33-22-24-34(25-23-33)49-50-42-18-8-10-20-44(42)52(49)36-14-5-2-6-15-36/h1-31,49-50H. The zero-order chi connectivity index (χ0) is 34.9. The molecular weight excluding hydrogens is 647 g/mol. The van der Waals surface area contributed by atoms with Gasteiger partial charge in [-0.05, 0) is 82.4 Å². The normalized spacial score (nSPS) is 14.0. The van der Waals surface area contributed by atoms with Crippen LogP contribution in [0.3, 0.4) is 0 Å². The molecule has 1 unspecified atom stereocenters. The van der Waals surface area contributed by atoms with E-state index in [-0.39, 0.29) is 6.17 Å². The summed E-state index contributed by atoms with van der Waals surface area (Å²) in [6.07, 6.45) is -0.0163. The third-order valence-electron chi connectivity index (χ3n) is 10.8. The van der Waals surface area contributed by atoms with Crippen LogP contribution in [-0.2, 0) is 0 Å². The number of para-hydroxylation sites is 4. The highest BCUT2D eigenvalue weighted by atomic mass is 16.3. The summed E-state index contributed by atoms with van der Waals surface area (Å²) >= 11 is 0. The fraction of sp³-hybridized carbons (Fsp3) is 0.0204. The summed E-state index contributed by atoms with van der Waals surface area (Å²) in [5.74, 6) is 0. The Labute approximate surface area is 306 Å². The Kier molecular flexibility index (Phi) is 6.58. The van der Waals surface area contributed by atoms with E-state index in [1.165, 1.54) is 44.2 Å². The van der Waals surface area contributed by atoms with Crippen LogP contribution >= 0.6 is 0 Å². The van der Waals surface area contributed by atoms with E-state index < -0.39 is 0 Å². The molecule has 3 heterocycles. The van der Waals surface area contributed by atoms with Crippen molar-refractivity contribution in [3.8, 4) is 27.9 Å². The third-order valence-corrected chi connectivity index (χ3v) is 10.8. The number of fused-ring (bicyclic) bond motifs is 7. The quantitative estimate of drug-likeness (QED) is 0.197. The number of aromatic nitrogens is 1. The van der Waals surface area contributed by atoms with Crippen molar-refractivity contribution in [1.82, 2.24) is 4.57 Å². The number of furan rings is 1. The maximum absolute atomic E-state index is 6.64. The summed E-state index contributed by atoms with van der Waals surface area (Å²) in [7, 11) is 0. The van der Waals surface area contributed by atoms with E-state index >= 15 is 0 Å². The Hall–Kier alpha value is -7.04. The molecule has 4 heteroatoms. The molecular formula is C49H33N3O. The molecule has 0 radical (unpaired) electrons. The molecule has 1 aliphatic heterocycles. The minimum atomic E-state index is -0.0163. The van der Waals surface area contributed by atoms with Gasteiger partial charge in [0, 0.05) is 39.0 Å². The maximum atomic E-state index is 6.64. The average molecular weight is 680 g/mol. The zero-order valence-electron chi connectivity index (χ0n) is 28.8. The first-order valence-electron chi connectivity index (χ1n) is 18.1. The van der Waals surface area contributed by atoms with Crippen LogP contribution < -0.4 is 10.2 Å². The highest BCUT2D eigenvalue weighted by molar-refractivity contribution is 6.14. The first-order chi connectivity index (χ1) is 26.3. The van der Waals surface area contributed by atoms with Gasteiger partial charge in [0.25, 0.3) is 0 Å². The number of rotatable bonds is 5. The number of nitrogens with one attached hydrogen (secondary N) is 1. The van der Waals surface area contributed by atoms with E-state index in [9.17, 15) is 0 Å². The second kappa shape index (κ2) is 11.8. The molecule has 250 valence electrons. The Bertz CT molecular complexity index is 2980.